The molecule has 0 spiro atoms. The van der Waals surface area contributed by atoms with Gasteiger partial charge in [0.1, 0.15) is 5.52 Å². The van der Waals surface area contributed by atoms with Crippen LogP contribution in [0.2, 0.25) is 0 Å². The summed E-state index contributed by atoms with van der Waals surface area (Å²) < 4.78 is 3.42. The number of aromatic nitrogens is 6. The monoisotopic (exact) mass is 317 g/mol. The number of rotatable bonds is 5. The van der Waals surface area contributed by atoms with Crippen molar-refractivity contribution >= 4 is 28.7 Å². The highest BCUT2D eigenvalue weighted by Crippen LogP contribution is 2.17. The number of primary amides is 1. The molecule has 3 rings (SSSR count). The first kappa shape index (κ1) is 14.5. The van der Waals surface area contributed by atoms with Crippen molar-refractivity contribution in [1.29, 1.82) is 0 Å². The van der Waals surface area contributed by atoms with E-state index in [0.29, 0.717) is 12.3 Å². The number of carbonyl (C=O) groups excluding carboxylic acids is 1. The van der Waals surface area contributed by atoms with Crippen molar-refractivity contribution < 1.29 is 4.79 Å². The number of fused-ring (bicyclic) bond motifs is 1. The third-order valence-corrected chi connectivity index (χ3v) is 3.92. The zero-order chi connectivity index (χ0) is 15.7. The van der Waals surface area contributed by atoms with Crippen LogP contribution in [0.3, 0.4) is 0 Å². The third-order valence-electron chi connectivity index (χ3n) is 3.36. The molecule has 0 unspecified atom stereocenters. The molecule has 0 radical (unpaired) electrons. The molecule has 1 amide bonds. The molecule has 2 heterocycles. The summed E-state index contributed by atoms with van der Waals surface area (Å²) >= 11 is 1.59. The molecule has 2 aromatic heterocycles. The van der Waals surface area contributed by atoms with E-state index in [4.69, 9.17) is 5.73 Å². The Bertz CT molecular complexity index is 838. The van der Waals surface area contributed by atoms with E-state index in [-0.39, 0.29) is 5.69 Å². The van der Waals surface area contributed by atoms with Crippen LogP contribution < -0.4 is 5.73 Å². The van der Waals surface area contributed by atoms with Gasteiger partial charge in [-0.1, -0.05) is 16.5 Å². The van der Waals surface area contributed by atoms with Gasteiger partial charge >= 0.3 is 0 Å². The number of nitrogens with two attached hydrogens (primary N) is 1. The van der Waals surface area contributed by atoms with Crippen molar-refractivity contribution in [2.45, 2.75) is 12.3 Å². The molecule has 2 N–H and O–H groups in total. The van der Waals surface area contributed by atoms with Crippen molar-refractivity contribution in [1.82, 2.24) is 30.0 Å². The molecule has 3 aromatic rings. The minimum Gasteiger partial charge on any atom is -0.364 e. The predicted molar refractivity (Wildman–Crippen MR) is 83.4 cm³/mol. The number of amides is 1. The second-order valence-electron chi connectivity index (χ2n) is 4.88. The lowest BCUT2D eigenvalue weighted by molar-refractivity contribution is 0.0995. The summed E-state index contributed by atoms with van der Waals surface area (Å²) in [5, 5.41) is 16.0. The maximum atomic E-state index is 11.4. The Morgan fingerprint density at radius 2 is 2.14 bits per heavy atom. The molecule has 9 heteroatoms. The standard InChI is InChI=1S/C13H15N7OS/c1-19-10-4-3-8(5-9(10)15-17-19)6-20-11(7-22-2)12(13(14)21)16-18-20/h3-5H,6-7H2,1-2H3,(H2,14,21). The lowest BCUT2D eigenvalue weighted by atomic mass is 10.2. The number of carbonyl (C=O) groups is 1. The normalized spacial score (nSPS) is 11.2. The van der Waals surface area contributed by atoms with Crippen LogP contribution >= 0.6 is 11.8 Å². The summed E-state index contributed by atoms with van der Waals surface area (Å²) in [6.45, 7) is 0.503. The van der Waals surface area contributed by atoms with Gasteiger partial charge in [-0.15, -0.1) is 10.2 Å². The van der Waals surface area contributed by atoms with Crippen LogP contribution in [0, 0.1) is 0 Å². The molecule has 0 aliphatic carbocycles. The average Bonchev–Trinajstić information content (AvgIpc) is 3.05. The van der Waals surface area contributed by atoms with Gasteiger partial charge in [-0.2, -0.15) is 11.8 Å². The van der Waals surface area contributed by atoms with Gasteiger partial charge in [0, 0.05) is 12.8 Å². The highest BCUT2D eigenvalue weighted by molar-refractivity contribution is 7.97. The number of hydrogen-bond acceptors (Lipinski definition) is 6. The minimum absolute atomic E-state index is 0.231. The van der Waals surface area contributed by atoms with E-state index in [2.05, 4.69) is 20.6 Å². The highest BCUT2D eigenvalue weighted by Gasteiger charge is 2.17. The summed E-state index contributed by atoms with van der Waals surface area (Å²) in [6.07, 6.45) is 1.95. The number of benzene rings is 1. The Labute approximate surface area is 130 Å². The number of aryl methyl sites for hydroxylation is 1. The fourth-order valence-electron chi connectivity index (χ4n) is 2.29. The van der Waals surface area contributed by atoms with Crippen LogP contribution in [-0.4, -0.2) is 42.2 Å². The summed E-state index contributed by atoms with van der Waals surface area (Å²) in [5.41, 5.74) is 9.10. The fraction of sp³-hybridized carbons (Fsp3) is 0.308. The first-order chi connectivity index (χ1) is 10.6. The van der Waals surface area contributed by atoms with E-state index in [0.717, 1.165) is 22.3 Å². The molecule has 1 aromatic carbocycles. The Balaban J connectivity index is 1.95. The molecule has 8 nitrogen and oxygen atoms in total. The highest BCUT2D eigenvalue weighted by atomic mass is 32.2. The summed E-state index contributed by atoms with van der Waals surface area (Å²) in [6, 6.07) is 5.90. The van der Waals surface area contributed by atoms with Gasteiger partial charge in [-0.05, 0) is 24.0 Å². The molecule has 0 aliphatic rings. The van der Waals surface area contributed by atoms with Gasteiger partial charge in [-0.3, -0.25) is 4.79 Å². The van der Waals surface area contributed by atoms with Gasteiger partial charge < -0.3 is 5.73 Å². The summed E-state index contributed by atoms with van der Waals surface area (Å²) in [5.74, 6) is 0.0678. The van der Waals surface area contributed by atoms with E-state index in [1.807, 2.05) is 31.5 Å². The zero-order valence-corrected chi connectivity index (χ0v) is 13.0. The minimum atomic E-state index is -0.556. The fourth-order valence-corrected chi connectivity index (χ4v) is 2.85. The maximum Gasteiger partial charge on any atom is 0.271 e. The van der Waals surface area contributed by atoms with E-state index in [9.17, 15) is 4.79 Å². The molecule has 22 heavy (non-hydrogen) atoms. The van der Waals surface area contributed by atoms with Gasteiger partial charge in [-0.25, -0.2) is 9.36 Å². The number of hydrogen-bond donors (Lipinski definition) is 1. The van der Waals surface area contributed by atoms with Crippen molar-refractivity contribution in [2.24, 2.45) is 12.8 Å². The van der Waals surface area contributed by atoms with Crippen LogP contribution in [0.5, 0.6) is 0 Å². The van der Waals surface area contributed by atoms with Crippen LogP contribution in [-0.2, 0) is 19.3 Å². The van der Waals surface area contributed by atoms with E-state index >= 15 is 0 Å². The molecule has 0 fully saturated rings. The topological polar surface area (TPSA) is 105 Å². The number of nitrogens with zero attached hydrogens (tertiary/aromatic N) is 6. The quantitative estimate of drug-likeness (QED) is 0.737. The Morgan fingerprint density at radius 3 is 2.86 bits per heavy atom. The van der Waals surface area contributed by atoms with Crippen molar-refractivity contribution in [3.63, 3.8) is 0 Å². The lowest BCUT2D eigenvalue weighted by Crippen LogP contribution is -2.15. The Kier molecular flexibility index (Phi) is 3.80. The van der Waals surface area contributed by atoms with Crippen LogP contribution in [0.1, 0.15) is 21.7 Å². The maximum absolute atomic E-state index is 11.4. The smallest absolute Gasteiger partial charge is 0.271 e. The molecular formula is C13H15N7OS. The lowest BCUT2D eigenvalue weighted by Gasteiger charge is -2.06. The van der Waals surface area contributed by atoms with Crippen LogP contribution in [0.25, 0.3) is 11.0 Å². The first-order valence-electron chi connectivity index (χ1n) is 6.59. The van der Waals surface area contributed by atoms with Crippen molar-refractivity contribution in [3.8, 4) is 0 Å². The molecule has 0 saturated carbocycles. The van der Waals surface area contributed by atoms with Crippen molar-refractivity contribution in [3.05, 3.63) is 35.2 Å². The zero-order valence-electron chi connectivity index (χ0n) is 12.2. The number of thioether (sulfide) groups is 1. The van der Waals surface area contributed by atoms with Crippen LogP contribution in [0.15, 0.2) is 18.2 Å². The third kappa shape index (κ3) is 2.54. The largest absolute Gasteiger partial charge is 0.364 e. The average molecular weight is 317 g/mol. The van der Waals surface area contributed by atoms with Crippen LogP contribution in [0.4, 0.5) is 0 Å². The summed E-state index contributed by atoms with van der Waals surface area (Å²) in [7, 11) is 1.85. The summed E-state index contributed by atoms with van der Waals surface area (Å²) in [4.78, 5) is 11.4. The molecule has 0 bridgehead atoms. The second-order valence-corrected chi connectivity index (χ2v) is 5.74. The Hall–Kier alpha value is -2.42. The molecule has 0 aliphatic heterocycles. The van der Waals surface area contributed by atoms with E-state index in [1.54, 1.807) is 21.1 Å². The first-order valence-corrected chi connectivity index (χ1v) is 7.99. The van der Waals surface area contributed by atoms with Gasteiger partial charge in [0.15, 0.2) is 5.69 Å². The second kappa shape index (κ2) is 5.76. The van der Waals surface area contributed by atoms with E-state index < -0.39 is 5.91 Å². The van der Waals surface area contributed by atoms with Gasteiger partial charge in [0.25, 0.3) is 5.91 Å². The molecule has 0 saturated heterocycles. The van der Waals surface area contributed by atoms with Gasteiger partial charge in [0.2, 0.25) is 0 Å². The van der Waals surface area contributed by atoms with Gasteiger partial charge in [0.05, 0.1) is 17.8 Å². The molecular weight excluding hydrogens is 302 g/mol. The SMILES string of the molecule is CSCc1c(C(N)=O)nnn1Cc1ccc2c(c1)nnn2C. The Morgan fingerprint density at radius 1 is 1.32 bits per heavy atom. The van der Waals surface area contributed by atoms with Crippen molar-refractivity contribution in [2.75, 3.05) is 6.26 Å². The molecule has 114 valence electrons. The predicted octanol–water partition coefficient (Wildman–Crippen LogP) is 0.570. The van der Waals surface area contributed by atoms with E-state index in [1.165, 1.54) is 0 Å². The molecule has 0 atom stereocenters.